The number of rotatable bonds is 3. The van der Waals surface area contributed by atoms with E-state index in [2.05, 4.69) is 82.6 Å². The first kappa shape index (κ1) is 19.7. The van der Waals surface area contributed by atoms with Crippen molar-refractivity contribution in [2.75, 3.05) is 0 Å². The molecule has 0 amide bonds. The van der Waals surface area contributed by atoms with Crippen molar-refractivity contribution in [1.82, 2.24) is 0 Å². The predicted octanol–water partition coefficient (Wildman–Crippen LogP) is -1.96. The van der Waals surface area contributed by atoms with Crippen molar-refractivity contribution in [3.05, 3.63) is 57.6 Å². The molecule has 1 atom stereocenters. The number of thiazole rings is 1. The van der Waals surface area contributed by atoms with Gasteiger partial charge >= 0.3 is 134 Å². The van der Waals surface area contributed by atoms with Gasteiger partial charge in [-0.05, 0) is 0 Å². The Morgan fingerprint density at radius 2 is 1.91 bits per heavy atom. The van der Waals surface area contributed by atoms with E-state index in [1.807, 2.05) is 11.3 Å². The van der Waals surface area contributed by atoms with Crippen LogP contribution in [0.1, 0.15) is 41.6 Å². The number of aromatic nitrogens is 1. The fourth-order valence-corrected chi connectivity index (χ4v) is 4.59. The average Bonchev–Trinajstić information content (AvgIpc) is 2.98. The topological polar surface area (TPSA) is 3.88 Å². The van der Waals surface area contributed by atoms with E-state index in [0.717, 1.165) is 6.42 Å². The van der Waals surface area contributed by atoms with E-state index < -0.39 is 0 Å². The van der Waals surface area contributed by atoms with E-state index in [1.165, 1.54) is 21.8 Å². The van der Waals surface area contributed by atoms with Crippen molar-refractivity contribution in [2.45, 2.75) is 33.1 Å². The van der Waals surface area contributed by atoms with Crippen LogP contribution >= 0.6 is 11.3 Å². The maximum absolute atomic E-state index is 3.16. The Morgan fingerprint density at radius 3 is 2.55 bits per heavy atom. The zero-order valence-corrected chi connectivity index (χ0v) is 16.4. The summed E-state index contributed by atoms with van der Waals surface area (Å²) in [7, 11) is 0. The summed E-state index contributed by atoms with van der Waals surface area (Å²) in [6, 6.07) is 8.76. The van der Waals surface area contributed by atoms with Gasteiger partial charge in [0.2, 0.25) is 0 Å². The Kier molecular flexibility index (Phi) is 6.75. The number of aryl methyl sites for hydroxylation is 1. The van der Waals surface area contributed by atoms with E-state index in [-0.39, 0.29) is 30.2 Å². The van der Waals surface area contributed by atoms with Crippen LogP contribution in [0, 0.1) is 12.3 Å². The van der Waals surface area contributed by atoms with Gasteiger partial charge in [0.1, 0.15) is 0 Å². The summed E-state index contributed by atoms with van der Waals surface area (Å²) in [5, 5.41) is 3.63. The molecule has 22 heavy (non-hydrogen) atoms. The van der Waals surface area contributed by atoms with Gasteiger partial charge in [0.05, 0.1) is 0 Å². The molecule has 2 aromatic rings. The molecule has 1 aliphatic rings. The minimum Gasteiger partial charge on any atom is -1.00 e. The van der Waals surface area contributed by atoms with Crippen LogP contribution in [0.2, 0.25) is 0 Å². The number of fused-ring (bicyclic) bond motifs is 1. The molecule has 117 valence electrons. The molecule has 5 heteroatoms. The molecular formula is C17H19Cl2CrNS+. The maximum Gasteiger partial charge on any atom is -1.00 e. The molecule has 0 spiro atoms. The van der Waals surface area contributed by atoms with Crippen molar-refractivity contribution in [3.8, 4) is 0 Å². The SMILES string of the molecule is Cc1csc(CC(C)(C)C2C=Cc3ccccc32)[n+]1[Cr+2].[Cl-].[Cl-]. The van der Waals surface area contributed by atoms with Gasteiger partial charge in [-0.3, -0.25) is 0 Å². The minimum absolute atomic E-state index is 0. The second-order valence-electron chi connectivity index (χ2n) is 6.20. The second-order valence-corrected chi connectivity index (χ2v) is 7.71. The summed E-state index contributed by atoms with van der Waals surface area (Å²) in [4.78, 5) is 0. The van der Waals surface area contributed by atoms with Crippen LogP contribution in [0.15, 0.2) is 35.7 Å². The third kappa shape index (κ3) is 3.61. The van der Waals surface area contributed by atoms with Gasteiger partial charge < -0.3 is 24.8 Å². The zero-order chi connectivity index (χ0) is 14.3. The standard InChI is InChI=1S/C17H19NS.2ClH.Cr/c1-12-11-19-16(18-12)10-17(2,3)15-9-8-13-6-4-5-7-14(13)15;;;/h4-9,11,15H,10H2,1-3H3;2*1H;/q;;;+3/p-2. The zero-order valence-electron chi connectivity index (χ0n) is 12.8. The van der Waals surface area contributed by atoms with E-state index in [9.17, 15) is 0 Å². The van der Waals surface area contributed by atoms with E-state index in [0.29, 0.717) is 5.92 Å². The summed E-state index contributed by atoms with van der Waals surface area (Å²) in [5.74, 6) is 0.501. The maximum atomic E-state index is 3.16. The number of halogens is 2. The molecule has 1 nitrogen and oxygen atoms in total. The van der Waals surface area contributed by atoms with Crippen LogP contribution in [-0.4, -0.2) is 0 Å². The first-order valence-electron chi connectivity index (χ1n) is 6.93. The van der Waals surface area contributed by atoms with Crippen LogP contribution in [0.3, 0.4) is 0 Å². The Balaban J connectivity index is 0.00000121. The Bertz CT molecular complexity index is 679. The molecule has 0 aliphatic heterocycles. The van der Waals surface area contributed by atoms with Crippen LogP contribution in [0.25, 0.3) is 6.08 Å². The summed E-state index contributed by atoms with van der Waals surface area (Å²) >= 11 is 5.01. The van der Waals surface area contributed by atoms with Crippen molar-refractivity contribution >= 4 is 17.4 Å². The third-order valence-electron chi connectivity index (χ3n) is 4.16. The van der Waals surface area contributed by atoms with Crippen molar-refractivity contribution < 1.29 is 44.9 Å². The number of nitrogens with zero attached hydrogens (tertiary/aromatic N) is 1. The van der Waals surface area contributed by atoms with Gasteiger partial charge in [0.15, 0.2) is 0 Å². The molecule has 3 rings (SSSR count). The number of benzene rings is 1. The Labute approximate surface area is 157 Å². The molecule has 0 fully saturated rings. The van der Waals surface area contributed by atoms with Crippen LogP contribution < -0.4 is 28.4 Å². The number of allylic oxidation sites excluding steroid dienone is 1. The molecular weight excluding hydrogens is 373 g/mol. The van der Waals surface area contributed by atoms with Crippen molar-refractivity contribution in [1.29, 1.82) is 0 Å². The first-order chi connectivity index (χ1) is 9.49. The molecule has 0 N–H and O–H groups in total. The van der Waals surface area contributed by atoms with Gasteiger partial charge in [-0.25, -0.2) is 0 Å². The Morgan fingerprint density at radius 1 is 1.23 bits per heavy atom. The summed E-state index contributed by atoms with van der Waals surface area (Å²) < 4.78 is 2.21. The smallest absolute Gasteiger partial charge is 1.00 e. The molecule has 0 saturated carbocycles. The van der Waals surface area contributed by atoms with E-state index in [1.54, 1.807) is 0 Å². The van der Waals surface area contributed by atoms with Crippen molar-refractivity contribution in [3.63, 3.8) is 0 Å². The Hall–Kier alpha value is -0.298. The summed E-state index contributed by atoms with van der Waals surface area (Å²) in [6.45, 7) is 6.90. The summed E-state index contributed by atoms with van der Waals surface area (Å²) in [6.07, 6.45) is 5.73. The normalized spacial score (nSPS) is 15.8. The number of hydrogen-bond acceptors (Lipinski definition) is 1. The molecule has 1 aliphatic carbocycles. The molecule has 0 saturated heterocycles. The molecule has 0 radical (unpaired) electrons. The molecule has 1 heterocycles. The number of hydrogen-bond donors (Lipinski definition) is 0. The first-order valence-corrected chi connectivity index (χ1v) is 8.38. The fourth-order valence-electron chi connectivity index (χ4n) is 2.99. The quantitative estimate of drug-likeness (QED) is 0.572. The monoisotopic (exact) mass is 391 g/mol. The van der Waals surface area contributed by atoms with Gasteiger partial charge in [0, 0.05) is 0 Å². The van der Waals surface area contributed by atoms with Gasteiger partial charge in [0.25, 0.3) is 0 Å². The van der Waals surface area contributed by atoms with Crippen LogP contribution in [0.4, 0.5) is 0 Å². The largest absolute Gasteiger partial charge is 1.00 e. The molecule has 0 bridgehead atoms. The molecule has 1 aromatic carbocycles. The van der Waals surface area contributed by atoms with Crippen LogP contribution in [0.5, 0.6) is 0 Å². The molecule has 1 aromatic heterocycles. The second kappa shape index (κ2) is 7.51. The van der Waals surface area contributed by atoms with E-state index in [4.69, 9.17) is 0 Å². The van der Waals surface area contributed by atoms with Crippen molar-refractivity contribution in [2.24, 2.45) is 5.41 Å². The van der Waals surface area contributed by atoms with Crippen LogP contribution in [-0.2, 0) is 22.9 Å². The van der Waals surface area contributed by atoms with E-state index >= 15 is 0 Å². The fraction of sp³-hybridized carbons (Fsp3) is 0.353. The van der Waals surface area contributed by atoms with Gasteiger partial charge in [-0.2, -0.15) is 0 Å². The average molecular weight is 392 g/mol. The predicted molar refractivity (Wildman–Crippen MR) is 80.4 cm³/mol. The van der Waals surface area contributed by atoms with Gasteiger partial charge in [-0.1, -0.05) is 0 Å². The third-order valence-corrected chi connectivity index (χ3v) is 6.20. The molecule has 1 unspecified atom stereocenters. The minimum atomic E-state index is 0. The van der Waals surface area contributed by atoms with Gasteiger partial charge in [-0.15, -0.1) is 0 Å². The summed E-state index contributed by atoms with van der Waals surface area (Å²) in [5.41, 5.74) is 4.36.